The van der Waals surface area contributed by atoms with E-state index >= 15 is 0 Å². The highest BCUT2D eigenvalue weighted by atomic mass is 16.7. The van der Waals surface area contributed by atoms with Gasteiger partial charge in [0, 0.05) is 30.7 Å². The van der Waals surface area contributed by atoms with Crippen LogP contribution in [0.25, 0.3) is 0 Å². The molecule has 3 aliphatic rings. The second-order valence-corrected chi connectivity index (χ2v) is 11.2. The maximum absolute atomic E-state index is 13.4. The Labute approximate surface area is 237 Å². The molecule has 1 amide bonds. The van der Waals surface area contributed by atoms with Crippen LogP contribution in [0, 0.1) is 11.8 Å². The van der Waals surface area contributed by atoms with Crippen molar-refractivity contribution in [2.75, 3.05) is 32.2 Å². The third-order valence-corrected chi connectivity index (χ3v) is 8.69. The molecule has 8 nitrogen and oxygen atoms in total. The summed E-state index contributed by atoms with van der Waals surface area (Å²) >= 11 is 0. The summed E-state index contributed by atoms with van der Waals surface area (Å²) in [4.78, 5) is 26.3. The molecule has 2 N–H and O–H groups in total. The highest BCUT2D eigenvalue weighted by molar-refractivity contribution is 5.95. The third kappa shape index (κ3) is 6.85. The van der Waals surface area contributed by atoms with E-state index in [9.17, 15) is 9.59 Å². The number of piperidine rings is 1. The average molecular weight is 551 g/mol. The molecule has 2 aromatic rings. The van der Waals surface area contributed by atoms with E-state index in [4.69, 9.17) is 18.9 Å². The summed E-state index contributed by atoms with van der Waals surface area (Å²) in [7, 11) is 1.63. The second kappa shape index (κ2) is 13.6. The van der Waals surface area contributed by atoms with Gasteiger partial charge in [-0.25, -0.2) is 4.79 Å². The monoisotopic (exact) mass is 550 g/mol. The van der Waals surface area contributed by atoms with Crippen molar-refractivity contribution < 1.29 is 28.5 Å². The van der Waals surface area contributed by atoms with Crippen molar-refractivity contribution in [1.82, 2.24) is 5.32 Å². The predicted molar refractivity (Wildman–Crippen MR) is 152 cm³/mol. The minimum Gasteiger partial charge on any atom is -0.497 e. The molecule has 3 aliphatic heterocycles. The lowest BCUT2D eigenvalue weighted by Crippen LogP contribution is -2.52. The quantitative estimate of drug-likeness (QED) is 0.389. The Morgan fingerprint density at radius 2 is 1.98 bits per heavy atom. The summed E-state index contributed by atoms with van der Waals surface area (Å²) in [5.74, 6) is 0.714. The molecule has 0 aromatic heterocycles. The number of methoxy groups -OCH3 is 1. The minimum atomic E-state index is -0.535. The number of ether oxygens (including phenoxy) is 4. The van der Waals surface area contributed by atoms with Crippen LogP contribution in [0.5, 0.6) is 5.75 Å². The number of rotatable bonds is 10. The van der Waals surface area contributed by atoms with Crippen LogP contribution in [-0.2, 0) is 19.0 Å². The summed E-state index contributed by atoms with van der Waals surface area (Å²) in [6.45, 7) is 4.47. The van der Waals surface area contributed by atoms with Crippen molar-refractivity contribution in [1.29, 1.82) is 0 Å². The molecule has 3 heterocycles. The molecule has 2 aromatic carbocycles. The van der Waals surface area contributed by atoms with E-state index < -0.39 is 6.10 Å². The maximum atomic E-state index is 13.4. The van der Waals surface area contributed by atoms with Crippen LogP contribution < -0.4 is 15.4 Å². The Balaban J connectivity index is 1.39. The Bertz CT molecular complexity index is 1140. The molecule has 8 heteroatoms. The van der Waals surface area contributed by atoms with Crippen LogP contribution in [0.4, 0.5) is 5.69 Å². The van der Waals surface area contributed by atoms with Crippen molar-refractivity contribution in [3.63, 3.8) is 0 Å². The predicted octanol–water partition coefficient (Wildman–Crippen LogP) is 5.28. The zero-order valence-corrected chi connectivity index (χ0v) is 23.6. The van der Waals surface area contributed by atoms with E-state index in [1.54, 1.807) is 19.2 Å². The topological polar surface area (TPSA) is 95.1 Å². The van der Waals surface area contributed by atoms with Crippen LogP contribution in [0.2, 0.25) is 0 Å². The van der Waals surface area contributed by atoms with E-state index in [-0.39, 0.29) is 36.5 Å². The van der Waals surface area contributed by atoms with Gasteiger partial charge in [-0.2, -0.15) is 0 Å². The van der Waals surface area contributed by atoms with Crippen molar-refractivity contribution in [2.24, 2.45) is 11.8 Å². The van der Waals surface area contributed by atoms with E-state index in [0.29, 0.717) is 29.8 Å². The Kier molecular flexibility index (Phi) is 9.73. The average Bonchev–Trinajstić information content (AvgIpc) is 3.00. The summed E-state index contributed by atoms with van der Waals surface area (Å²) in [6, 6.07) is 14.6. The molecule has 6 atom stereocenters. The summed E-state index contributed by atoms with van der Waals surface area (Å²) < 4.78 is 23.9. The van der Waals surface area contributed by atoms with Gasteiger partial charge in [-0.05, 0) is 86.4 Å². The summed E-state index contributed by atoms with van der Waals surface area (Å²) in [6.07, 6.45) is 5.65. The molecule has 0 radical (unpaired) electrons. The smallest absolute Gasteiger partial charge is 0.338 e. The highest BCUT2D eigenvalue weighted by Gasteiger charge is 2.42. The van der Waals surface area contributed by atoms with Crippen LogP contribution in [0.1, 0.15) is 73.7 Å². The number of carbonyl (C=O) groups is 2. The number of fused-ring (bicyclic) bond motifs is 1. The first-order chi connectivity index (χ1) is 19.6. The third-order valence-electron chi connectivity index (χ3n) is 8.69. The molecule has 0 bridgehead atoms. The first-order valence-electron chi connectivity index (χ1n) is 14.8. The van der Waals surface area contributed by atoms with Crippen molar-refractivity contribution in [2.45, 2.75) is 76.2 Å². The molecule has 0 aliphatic carbocycles. The van der Waals surface area contributed by atoms with Gasteiger partial charge in [0.05, 0.1) is 19.3 Å². The van der Waals surface area contributed by atoms with E-state index in [1.807, 2.05) is 36.4 Å². The van der Waals surface area contributed by atoms with Gasteiger partial charge in [-0.15, -0.1) is 0 Å². The number of amides is 1. The lowest BCUT2D eigenvalue weighted by Gasteiger charge is -2.42. The molecule has 5 rings (SSSR count). The van der Waals surface area contributed by atoms with Gasteiger partial charge < -0.3 is 29.6 Å². The highest BCUT2D eigenvalue weighted by Crippen LogP contribution is 2.41. The standard InChI is InChI=1S/C32H42N2O6/c1-3-21(20-39-30-11-7-8-16-38-30)23-14-15-33-28(17-23)31(40-32(36)22-9-5-4-6-10-22)26-19-29(35)34-27-13-12-24(37-2)18-25(26)27/h4-6,9-10,12-13,18,21,23,26,28,30-31,33H,3,7-8,11,14-17,19-20H2,1-2H3,(H,34,35). The normalized spacial score (nSPS) is 26.2. The molecule has 2 saturated heterocycles. The van der Waals surface area contributed by atoms with E-state index in [0.717, 1.165) is 62.9 Å². The van der Waals surface area contributed by atoms with Gasteiger partial charge in [0.2, 0.25) is 5.91 Å². The number of anilines is 1. The fraction of sp³-hybridized carbons (Fsp3) is 0.562. The van der Waals surface area contributed by atoms with E-state index in [2.05, 4.69) is 17.6 Å². The van der Waals surface area contributed by atoms with Crippen LogP contribution >= 0.6 is 0 Å². The Morgan fingerprint density at radius 1 is 1.12 bits per heavy atom. The fourth-order valence-corrected chi connectivity index (χ4v) is 6.42. The van der Waals surface area contributed by atoms with Crippen molar-refractivity contribution in [3.05, 3.63) is 59.7 Å². The van der Waals surface area contributed by atoms with Crippen LogP contribution in [0.3, 0.4) is 0 Å². The van der Waals surface area contributed by atoms with Gasteiger partial charge >= 0.3 is 5.97 Å². The molecule has 2 fully saturated rings. The first-order valence-corrected chi connectivity index (χ1v) is 14.8. The van der Waals surface area contributed by atoms with Crippen molar-refractivity contribution in [3.8, 4) is 5.75 Å². The van der Waals surface area contributed by atoms with Gasteiger partial charge in [0.1, 0.15) is 11.9 Å². The van der Waals surface area contributed by atoms with Gasteiger partial charge in [-0.1, -0.05) is 31.5 Å². The number of carbonyl (C=O) groups excluding carboxylic acids is 2. The van der Waals surface area contributed by atoms with Gasteiger partial charge in [0.25, 0.3) is 0 Å². The SMILES string of the molecule is CCC(COC1CCCCO1)C1CCNC(C(OC(=O)c2ccccc2)C2CC(=O)Nc3ccc(OC)cc32)C1. The molecular weight excluding hydrogens is 508 g/mol. The van der Waals surface area contributed by atoms with Crippen molar-refractivity contribution >= 4 is 17.6 Å². The van der Waals surface area contributed by atoms with E-state index in [1.165, 1.54) is 0 Å². The lowest BCUT2D eigenvalue weighted by atomic mass is 9.75. The Hall–Kier alpha value is -2.94. The number of esters is 1. The molecule has 216 valence electrons. The zero-order chi connectivity index (χ0) is 27.9. The second-order valence-electron chi connectivity index (χ2n) is 11.2. The zero-order valence-electron chi connectivity index (χ0n) is 23.6. The molecule has 6 unspecified atom stereocenters. The first kappa shape index (κ1) is 28.6. The lowest BCUT2D eigenvalue weighted by molar-refractivity contribution is -0.172. The molecule has 40 heavy (non-hydrogen) atoms. The number of nitrogens with one attached hydrogen (secondary N) is 2. The molecule has 0 spiro atoms. The van der Waals surface area contributed by atoms with Gasteiger partial charge in [0.15, 0.2) is 6.29 Å². The number of hydrogen-bond acceptors (Lipinski definition) is 7. The number of benzene rings is 2. The summed E-state index contributed by atoms with van der Waals surface area (Å²) in [5.41, 5.74) is 2.17. The Morgan fingerprint density at radius 3 is 2.73 bits per heavy atom. The fourth-order valence-electron chi connectivity index (χ4n) is 6.42. The molecule has 0 saturated carbocycles. The largest absolute Gasteiger partial charge is 0.497 e. The molecular formula is C32H42N2O6. The van der Waals surface area contributed by atoms with Gasteiger partial charge in [-0.3, -0.25) is 4.79 Å². The minimum absolute atomic E-state index is 0.0805. The van der Waals surface area contributed by atoms with Crippen LogP contribution in [0.15, 0.2) is 48.5 Å². The van der Waals surface area contributed by atoms with Crippen LogP contribution in [-0.4, -0.2) is 57.2 Å². The number of hydrogen-bond donors (Lipinski definition) is 2. The maximum Gasteiger partial charge on any atom is 0.338 e. The summed E-state index contributed by atoms with van der Waals surface area (Å²) in [5, 5.41) is 6.64.